The van der Waals surface area contributed by atoms with E-state index in [1.807, 2.05) is 47.2 Å². The molecule has 0 saturated heterocycles. The number of aliphatic imine (C=N–C) groups is 1. The Hall–Kier alpha value is -2.66. The Kier molecular flexibility index (Phi) is 4.39. The molecule has 4 nitrogen and oxygen atoms in total. The number of aromatic carboxylic acids is 1. The first-order valence-corrected chi connectivity index (χ1v) is 7.73. The Morgan fingerprint density at radius 2 is 1.87 bits per heavy atom. The van der Waals surface area contributed by atoms with E-state index < -0.39 is 5.97 Å². The van der Waals surface area contributed by atoms with Crippen molar-refractivity contribution in [3.05, 3.63) is 82.6 Å². The Morgan fingerprint density at radius 3 is 2.61 bits per heavy atom. The molecule has 5 heteroatoms. The van der Waals surface area contributed by atoms with Crippen LogP contribution in [-0.2, 0) is 0 Å². The van der Waals surface area contributed by atoms with E-state index in [4.69, 9.17) is 5.11 Å². The molecule has 1 heterocycles. The zero-order valence-electron chi connectivity index (χ0n) is 12.1. The standard InChI is InChI=1S/C18H13BrN2O2/c19-14-6-8-16(9-7-14)21-10-2-5-17(21)12-20-15-4-1-3-13(11-15)18(22)23/h1-12H,(H,22,23). The normalized spacial score (nSPS) is 11.0. The van der Waals surface area contributed by atoms with Gasteiger partial charge in [-0.15, -0.1) is 0 Å². The number of benzene rings is 2. The van der Waals surface area contributed by atoms with Crippen molar-refractivity contribution in [1.29, 1.82) is 0 Å². The minimum absolute atomic E-state index is 0.225. The molecule has 0 unspecified atom stereocenters. The van der Waals surface area contributed by atoms with Gasteiger partial charge in [0.2, 0.25) is 0 Å². The highest BCUT2D eigenvalue weighted by molar-refractivity contribution is 9.10. The molecule has 0 aliphatic rings. The minimum Gasteiger partial charge on any atom is -0.478 e. The monoisotopic (exact) mass is 368 g/mol. The quantitative estimate of drug-likeness (QED) is 0.679. The summed E-state index contributed by atoms with van der Waals surface area (Å²) in [7, 11) is 0. The molecule has 1 N–H and O–H groups in total. The molecular weight excluding hydrogens is 356 g/mol. The smallest absolute Gasteiger partial charge is 0.335 e. The molecule has 0 amide bonds. The van der Waals surface area contributed by atoms with Crippen molar-refractivity contribution in [2.24, 2.45) is 4.99 Å². The van der Waals surface area contributed by atoms with Crippen molar-refractivity contribution in [3.63, 3.8) is 0 Å². The molecule has 23 heavy (non-hydrogen) atoms. The molecule has 0 spiro atoms. The Morgan fingerprint density at radius 1 is 1.09 bits per heavy atom. The molecule has 0 atom stereocenters. The third-order valence-corrected chi connectivity index (χ3v) is 3.85. The second kappa shape index (κ2) is 6.62. The number of halogens is 1. The number of hydrogen-bond donors (Lipinski definition) is 1. The number of carboxylic acid groups (broad SMARTS) is 1. The van der Waals surface area contributed by atoms with Crippen LogP contribution in [-0.4, -0.2) is 21.9 Å². The summed E-state index contributed by atoms with van der Waals surface area (Å²) in [6.45, 7) is 0. The lowest BCUT2D eigenvalue weighted by Crippen LogP contribution is -1.97. The zero-order valence-corrected chi connectivity index (χ0v) is 13.6. The lowest BCUT2D eigenvalue weighted by atomic mass is 10.2. The summed E-state index contributed by atoms with van der Waals surface area (Å²) in [5, 5.41) is 9.02. The summed E-state index contributed by atoms with van der Waals surface area (Å²) in [4.78, 5) is 15.4. The third kappa shape index (κ3) is 3.57. The highest BCUT2D eigenvalue weighted by Gasteiger charge is 2.03. The molecule has 114 valence electrons. The summed E-state index contributed by atoms with van der Waals surface area (Å²) in [6, 6.07) is 18.4. The molecule has 0 bridgehead atoms. The van der Waals surface area contributed by atoms with Crippen LogP contribution < -0.4 is 0 Å². The van der Waals surface area contributed by atoms with E-state index in [-0.39, 0.29) is 5.56 Å². The van der Waals surface area contributed by atoms with Crippen LogP contribution in [0.15, 0.2) is 76.3 Å². The van der Waals surface area contributed by atoms with Gasteiger partial charge < -0.3 is 9.67 Å². The van der Waals surface area contributed by atoms with Crippen LogP contribution in [0.3, 0.4) is 0 Å². The number of rotatable bonds is 4. The molecule has 0 aliphatic heterocycles. The minimum atomic E-state index is -0.958. The van der Waals surface area contributed by atoms with E-state index in [9.17, 15) is 4.79 Å². The summed E-state index contributed by atoms with van der Waals surface area (Å²) < 4.78 is 3.03. The van der Waals surface area contributed by atoms with E-state index in [0.717, 1.165) is 15.9 Å². The second-order valence-corrected chi connectivity index (χ2v) is 5.81. The van der Waals surface area contributed by atoms with Crippen molar-refractivity contribution in [3.8, 4) is 5.69 Å². The number of aromatic nitrogens is 1. The molecule has 1 aromatic heterocycles. The number of carbonyl (C=O) groups is 1. The van der Waals surface area contributed by atoms with Crippen molar-refractivity contribution in [2.75, 3.05) is 0 Å². The number of nitrogens with zero attached hydrogens (tertiary/aromatic N) is 2. The Labute approximate surface area is 141 Å². The number of hydrogen-bond acceptors (Lipinski definition) is 2. The highest BCUT2D eigenvalue weighted by atomic mass is 79.9. The van der Waals surface area contributed by atoms with Crippen molar-refractivity contribution in [1.82, 2.24) is 4.57 Å². The van der Waals surface area contributed by atoms with Gasteiger partial charge in [0.05, 0.1) is 23.2 Å². The van der Waals surface area contributed by atoms with Crippen LogP contribution in [0.2, 0.25) is 0 Å². The first-order valence-electron chi connectivity index (χ1n) is 6.94. The van der Waals surface area contributed by atoms with Gasteiger partial charge in [-0.05, 0) is 54.6 Å². The third-order valence-electron chi connectivity index (χ3n) is 3.32. The lowest BCUT2D eigenvalue weighted by Gasteiger charge is -2.06. The van der Waals surface area contributed by atoms with Crippen LogP contribution >= 0.6 is 15.9 Å². The summed E-state index contributed by atoms with van der Waals surface area (Å²) in [5.74, 6) is -0.958. The maximum atomic E-state index is 11.0. The molecule has 0 aliphatic carbocycles. The maximum Gasteiger partial charge on any atom is 0.335 e. The van der Waals surface area contributed by atoms with Gasteiger partial charge in [0.25, 0.3) is 0 Å². The SMILES string of the molecule is O=C(O)c1cccc(N=Cc2cccn2-c2ccc(Br)cc2)c1. The van der Waals surface area contributed by atoms with Gasteiger partial charge in [-0.2, -0.15) is 0 Å². The fourth-order valence-corrected chi connectivity index (χ4v) is 2.46. The molecule has 2 aromatic carbocycles. The maximum absolute atomic E-state index is 11.0. The van der Waals surface area contributed by atoms with Crippen LogP contribution in [0, 0.1) is 0 Å². The zero-order chi connectivity index (χ0) is 16.2. The largest absolute Gasteiger partial charge is 0.478 e. The molecular formula is C18H13BrN2O2. The lowest BCUT2D eigenvalue weighted by molar-refractivity contribution is 0.0697. The van der Waals surface area contributed by atoms with Gasteiger partial charge in [0.1, 0.15) is 0 Å². The van der Waals surface area contributed by atoms with E-state index in [1.165, 1.54) is 0 Å². The fraction of sp³-hybridized carbons (Fsp3) is 0. The summed E-state index contributed by atoms with van der Waals surface area (Å²) >= 11 is 3.42. The van der Waals surface area contributed by atoms with Gasteiger partial charge in [0, 0.05) is 16.4 Å². The van der Waals surface area contributed by atoms with E-state index >= 15 is 0 Å². The number of carboxylic acids is 1. The first kappa shape index (κ1) is 15.2. The van der Waals surface area contributed by atoms with E-state index in [0.29, 0.717) is 5.69 Å². The van der Waals surface area contributed by atoms with Crippen molar-refractivity contribution < 1.29 is 9.90 Å². The molecule has 0 saturated carbocycles. The Bertz CT molecular complexity index is 867. The fourth-order valence-electron chi connectivity index (χ4n) is 2.20. The second-order valence-electron chi connectivity index (χ2n) is 4.89. The van der Waals surface area contributed by atoms with Crippen LogP contribution in [0.1, 0.15) is 16.1 Å². The van der Waals surface area contributed by atoms with Gasteiger partial charge in [-0.1, -0.05) is 22.0 Å². The summed E-state index contributed by atoms with van der Waals surface area (Å²) in [6.07, 6.45) is 3.68. The van der Waals surface area contributed by atoms with Gasteiger partial charge in [0.15, 0.2) is 0 Å². The van der Waals surface area contributed by atoms with Crippen LogP contribution in [0.4, 0.5) is 5.69 Å². The molecule has 3 rings (SSSR count). The average molecular weight is 369 g/mol. The average Bonchev–Trinajstić information content (AvgIpc) is 3.02. The topological polar surface area (TPSA) is 54.6 Å². The predicted molar refractivity (Wildman–Crippen MR) is 94.1 cm³/mol. The van der Waals surface area contributed by atoms with Crippen molar-refractivity contribution in [2.45, 2.75) is 0 Å². The van der Waals surface area contributed by atoms with Crippen LogP contribution in [0.25, 0.3) is 5.69 Å². The summed E-state index contributed by atoms with van der Waals surface area (Å²) in [5.41, 5.74) is 2.77. The van der Waals surface area contributed by atoms with Gasteiger partial charge in [-0.25, -0.2) is 4.79 Å². The first-order chi connectivity index (χ1) is 11.1. The van der Waals surface area contributed by atoms with Gasteiger partial charge >= 0.3 is 5.97 Å². The predicted octanol–water partition coefficient (Wildman–Crippen LogP) is 4.69. The van der Waals surface area contributed by atoms with Crippen molar-refractivity contribution >= 4 is 33.8 Å². The van der Waals surface area contributed by atoms with E-state index in [1.54, 1.807) is 30.5 Å². The molecule has 0 fully saturated rings. The van der Waals surface area contributed by atoms with Crippen LogP contribution in [0.5, 0.6) is 0 Å². The highest BCUT2D eigenvalue weighted by Crippen LogP contribution is 2.18. The molecule has 0 radical (unpaired) electrons. The molecule has 3 aromatic rings. The van der Waals surface area contributed by atoms with E-state index in [2.05, 4.69) is 20.9 Å². The Balaban J connectivity index is 1.89. The van der Waals surface area contributed by atoms with Gasteiger partial charge in [-0.3, -0.25) is 4.99 Å².